The molecule has 0 aromatic heterocycles. The Balaban J connectivity index is 1.98. The molecule has 0 N–H and O–H groups in total. The van der Waals surface area contributed by atoms with Gasteiger partial charge in [0.1, 0.15) is 12.2 Å². The second kappa shape index (κ2) is 6.38. The summed E-state index contributed by atoms with van der Waals surface area (Å²) in [5, 5.41) is 0. The smallest absolute Gasteiger partial charge is 0.303 e. The molecule has 0 radical (unpaired) electrons. The predicted octanol–water partition coefficient (Wildman–Crippen LogP) is 2.44. The fourth-order valence-electron chi connectivity index (χ4n) is 2.00. The molecule has 0 aliphatic carbocycles. The van der Waals surface area contributed by atoms with Gasteiger partial charge in [0.2, 0.25) is 0 Å². The van der Waals surface area contributed by atoms with Gasteiger partial charge in [-0.2, -0.15) is 0 Å². The summed E-state index contributed by atoms with van der Waals surface area (Å²) in [5.74, 6) is -0.322. The van der Waals surface area contributed by atoms with Gasteiger partial charge >= 0.3 is 5.97 Å². The Hall–Kier alpha value is -1.81. The second-order valence-corrected chi connectivity index (χ2v) is 4.51. The Labute approximate surface area is 113 Å². The van der Waals surface area contributed by atoms with Crippen LogP contribution in [-0.4, -0.2) is 24.3 Å². The van der Waals surface area contributed by atoms with Crippen LogP contribution in [-0.2, 0) is 25.6 Å². The quantitative estimate of drug-likeness (QED) is 0.782. The molecule has 19 heavy (non-hydrogen) atoms. The van der Waals surface area contributed by atoms with Crippen molar-refractivity contribution < 1.29 is 19.0 Å². The van der Waals surface area contributed by atoms with Crippen molar-refractivity contribution in [2.75, 3.05) is 0 Å². The topological polar surface area (TPSA) is 44.8 Å². The maximum atomic E-state index is 11.1. The summed E-state index contributed by atoms with van der Waals surface area (Å²) in [6.07, 6.45) is 2.41. The minimum absolute atomic E-state index is 0.155. The van der Waals surface area contributed by atoms with E-state index in [2.05, 4.69) is 0 Å². The lowest BCUT2D eigenvalue weighted by Gasteiger charge is -2.32. The molecule has 1 aliphatic heterocycles. The van der Waals surface area contributed by atoms with E-state index >= 15 is 0 Å². The van der Waals surface area contributed by atoms with Gasteiger partial charge in [0.25, 0.3) is 0 Å². The van der Waals surface area contributed by atoms with Crippen molar-refractivity contribution in [3.8, 4) is 0 Å². The summed E-state index contributed by atoms with van der Waals surface area (Å²) in [5.41, 5.74) is 1.07. The summed E-state index contributed by atoms with van der Waals surface area (Å²) in [4.78, 5) is 11.1. The molecule has 0 unspecified atom stereocenters. The molecular formula is C15H18O4. The first-order valence-electron chi connectivity index (χ1n) is 6.31. The van der Waals surface area contributed by atoms with Gasteiger partial charge in [-0.3, -0.25) is 4.79 Å². The third-order valence-electron chi connectivity index (χ3n) is 2.94. The van der Waals surface area contributed by atoms with Crippen molar-refractivity contribution in [1.82, 2.24) is 0 Å². The Morgan fingerprint density at radius 2 is 2.05 bits per heavy atom. The van der Waals surface area contributed by atoms with Crippen LogP contribution in [0.1, 0.15) is 19.4 Å². The van der Waals surface area contributed by atoms with E-state index in [1.165, 1.54) is 6.92 Å². The minimum atomic E-state index is -0.398. The first-order chi connectivity index (χ1) is 9.16. The number of rotatable bonds is 4. The van der Waals surface area contributed by atoms with E-state index in [0.717, 1.165) is 5.56 Å². The van der Waals surface area contributed by atoms with Crippen LogP contribution in [0.5, 0.6) is 0 Å². The molecule has 0 saturated carbocycles. The molecule has 1 aromatic rings. The van der Waals surface area contributed by atoms with E-state index in [9.17, 15) is 4.79 Å². The van der Waals surface area contributed by atoms with Gasteiger partial charge in [-0.15, -0.1) is 0 Å². The normalized spacial score (nSPS) is 25.7. The highest BCUT2D eigenvalue weighted by atomic mass is 16.6. The average molecular weight is 262 g/mol. The largest absolute Gasteiger partial charge is 0.496 e. The Bertz CT molecular complexity index is 441. The molecule has 0 fully saturated rings. The van der Waals surface area contributed by atoms with E-state index in [1.54, 1.807) is 12.3 Å². The Kier molecular flexibility index (Phi) is 4.58. The van der Waals surface area contributed by atoms with E-state index in [4.69, 9.17) is 14.2 Å². The average Bonchev–Trinajstić information content (AvgIpc) is 2.38. The van der Waals surface area contributed by atoms with Gasteiger partial charge in [0, 0.05) is 6.92 Å². The summed E-state index contributed by atoms with van der Waals surface area (Å²) < 4.78 is 16.5. The third kappa shape index (κ3) is 3.83. The zero-order valence-corrected chi connectivity index (χ0v) is 11.1. The van der Waals surface area contributed by atoms with Crippen molar-refractivity contribution in [3.63, 3.8) is 0 Å². The van der Waals surface area contributed by atoms with E-state index < -0.39 is 6.10 Å². The van der Waals surface area contributed by atoms with Crippen LogP contribution in [0.4, 0.5) is 0 Å². The molecule has 0 bridgehead atoms. The molecule has 0 saturated heterocycles. The molecule has 1 aliphatic rings. The van der Waals surface area contributed by atoms with E-state index in [1.807, 2.05) is 37.3 Å². The highest BCUT2D eigenvalue weighted by molar-refractivity contribution is 5.66. The van der Waals surface area contributed by atoms with Crippen molar-refractivity contribution >= 4 is 5.97 Å². The number of benzene rings is 1. The van der Waals surface area contributed by atoms with Gasteiger partial charge < -0.3 is 14.2 Å². The minimum Gasteiger partial charge on any atom is -0.496 e. The summed E-state index contributed by atoms with van der Waals surface area (Å²) >= 11 is 0. The first kappa shape index (κ1) is 13.6. The number of carbonyl (C=O) groups is 1. The van der Waals surface area contributed by atoms with Crippen LogP contribution in [0.25, 0.3) is 0 Å². The van der Waals surface area contributed by atoms with Crippen LogP contribution in [0.15, 0.2) is 42.7 Å². The molecule has 102 valence electrons. The maximum absolute atomic E-state index is 11.1. The molecule has 0 spiro atoms. The van der Waals surface area contributed by atoms with Crippen molar-refractivity contribution in [2.24, 2.45) is 0 Å². The van der Waals surface area contributed by atoms with Crippen LogP contribution in [0, 0.1) is 0 Å². The van der Waals surface area contributed by atoms with Gasteiger partial charge in [0.15, 0.2) is 6.10 Å². The molecular weight excluding hydrogens is 244 g/mol. The number of ether oxygens (including phenoxy) is 3. The van der Waals surface area contributed by atoms with Crippen LogP contribution < -0.4 is 0 Å². The summed E-state index contributed by atoms with van der Waals surface area (Å²) in [6.45, 7) is 3.75. The van der Waals surface area contributed by atoms with Gasteiger partial charge in [-0.05, 0) is 18.6 Å². The van der Waals surface area contributed by atoms with Crippen molar-refractivity contribution in [2.45, 2.75) is 38.8 Å². The zero-order chi connectivity index (χ0) is 13.7. The highest BCUT2D eigenvalue weighted by Gasteiger charge is 2.32. The van der Waals surface area contributed by atoms with Crippen LogP contribution >= 0.6 is 0 Å². The van der Waals surface area contributed by atoms with E-state index in [0.29, 0.717) is 6.61 Å². The zero-order valence-electron chi connectivity index (χ0n) is 11.1. The van der Waals surface area contributed by atoms with Crippen molar-refractivity contribution in [1.29, 1.82) is 0 Å². The molecule has 0 amide bonds. The first-order valence-corrected chi connectivity index (χ1v) is 6.31. The standard InChI is InChI=1S/C15H18O4/c1-11-15(14(8-9-17-11)19-12(2)16)18-10-13-6-4-3-5-7-13/h3-9,11,14-15H,10H2,1-2H3/t11-,14-,15-/m1/s1. The molecule has 3 atom stereocenters. The monoisotopic (exact) mass is 262 g/mol. The SMILES string of the molecule is CC(=O)O[C@@H]1C=CO[C@H](C)[C@H]1OCc1ccccc1. The highest BCUT2D eigenvalue weighted by Crippen LogP contribution is 2.20. The number of carbonyl (C=O) groups excluding carboxylic acids is 1. The lowest BCUT2D eigenvalue weighted by molar-refractivity contribution is -0.161. The summed E-state index contributed by atoms with van der Waals surface area (Å²) in [6, 6.07) is 9.86. The number of esters is 1. The third-order valence-corrected chi connectivity index (χ3v) is 2.94. The fraction of sp³-hybridized carbons (Fsp3) is 0.400. The molecule has 2 rings (SSSR count). The molecule has 1 heterocycles. The van der Waals surface area contributed by atoms with E-state index in [-0.39, 0.29) is 18.2 Å². The molecule has 1 aromatic carbocycles. The fourth-order valence-corrected chi connectivity index (χ4v) is 2.00. The second-order valence-electron chi connectivity index (χ2n) is 4.51. The van der Waals surface area contributed by atoms with Gasteiger partial charge in [-0.1, -0.05) is 30.3 Å². The lowest BCUT2D eigenvalue weighted by atomic mass is 10.1. The Morgan fingerprint density at radius 1 is 1.32 bits per heavy atom. The maximum Gasteiger partial charge on any atom is 0.303 e. The Morgan fingerprint density at radius 3 is 2.74 bits per heavy atom. The van der Waals surface area contributed by atoms with Crippen LogP contribution in [0.3, 0.4) is 0 Å². The predicted molar refractivity (Wildman–Crippen MR) is 70.3 cm³/mol. The van der Waals surface area contributed by atoms with Gasteiger partial charge in [-0.25, -0.2) is 0 Å². The van der Waals surface area contributed by atoms with Gasteiger partial charge in [0.05, 0.1) is 12.9 Å². The van der Waals surface area contributed by atoms with Crippen molar-refractivity contribution in [3.05, 3.63) is 48.2 Å². The number of hydrogen-bond acceptors (Lipinski definition) is 4. The number of hydrogen-bond donors (Lipinski definition) is 0. The lowest BCUT2D eigenvalue weighted by Crippen LogP contribution is -2.42. The molecule has 4 heteroatoms. The van der Waals surface area contributed by atoms with Crippen LogP contribution in [0.2, 0.25) is 0 Å². The molecule has 4 nitrogen and oxygen atoms in total. The summed E-state index contributed by atoms with van der Waals surface area (Å²) in [7, 11) is 0.